The Bertz CT molecular complexity index is 818. The van der Waals surface area contributed by atoms with E-state index in [4.69, 9.17) is 11.6 Å². The molecule has 126 valence electrons. The lowest BCUT2D eigenvalue weighted by Crippen LogP contribution is -2.41. The van der Waals surface area contributed by atoms with E-state index in [2.05, 4.69) is 11.8 Å². The van der Waals surface area contributed by atoms with E-state index < -0.39 is 0 Å². The van der Waals surface area contributed by atoms with E-state index in [1.54, 1.807) is 29.2 Å². The van der Waals surface area contributed by atoms with E-state index in [0.717, 1.165) is 18.4 Å². The van der Waals surface area contributed by atoms with Gasteiger partial charge >= 0.3 is 0 Å². The lowest BCUT2D eigenvalue weighted by molar-refractivity contribution is -0.126. The number of Topliss-reactive ketones (excluding diaryl/α,β-unsaturated/α-hetero) is 1. The fraction of sp³-hybridized carbons (Fsp3) is 0.238. The van der Waals surface area contributed by atoms with Gasteiger partial charge in [0, 0.05) is 41.1 Å². The van der Waals surface area contributed by atoms with Crippen molar-refractivity contribution in [1.29, 1.82) is 0 Å². The molecule has 3 rings (SSSR count). The molecule has 25 heavy (non-hydrogen) atoms. The number of hydrogen-bond donors (Lipinski definition) is 0. The van der Waals surface area contributed by atoms with Gasteiger partial charge in [-0.05, 0) is 49.2 Å². The summed E-state index contributed by atoms with van der Waals surface area (Å²) in [7, 11) is 0. The summed E-state index contributed by atoms with van der Waals surface area (Å²) in [6, 6.07) is 16.3. The van der Waals surface area contributed by atoms with Gasteiger partial charge in [-0.1, -0.05) is 35.7 Å². The number of amides is 1. The molecule has 1 saturated heterocycles. The minimum Gasteiger partial charge on any atom is -0.331 e. The zero-order valence-corrected chi connectivity index (χ0v) is 14.5. The first-order chi connectivity index (χ1) is 12.1. The highest BCUT2D eigenvalue weighted by molar-refractivity contribution is 6.30. The molecule has 0 aromatic heterocycles. The number of benzene rings is 2. The highest BCUT2D eigenvalue weighted by Gasteiger charge is 2.28. The summed E-state index contributed by atoms with van der Waals surface area (Å²) in [4.78, 5) is 26.7. The maximum absolute atomic E-state index is 12.6. The third-order valence-corrected chi connectivity index (χ3v) is 4.55. The van der Waals surface area contributed by atoms with Crippen LogP contribution in [0.1, 0.15) is 28.8 Å². The quantitative estimate of drug-likeness (QED) is 0.609. The average Bonchev–Trinajstić information content (AvgIpc) is 2.67. The van der Waals surface area contributed by atoms with Crippen molar-refractivity contribution in [3.8, 4) is 11.8 Å². The van der Waals surface area contributed by atoms with E-state index in [-0.39, 0.29) is 17.6 Å². The van der Waals surface area contributed by atoms with Gasteiger partial charge in [0.15, 0.2) is 5.78 Å². The molecule has 0 spiro atoms. The summed E-state index contributed by atoms with van der Waals surface area (Å²) in [5.74, 6) is 5.22. The zero-order chi connectivity index (χ0) is 17.6. The first-order valence-electron chi connectivity index (χ1n) is 8.29. The molecule has 0 saturated carbocycles. The number of piperidine rings is 1. The van der Waals surface area contributed by atoms with Crippen LogP contribution in [0.4, 0.5) is 0 Å². The van der Waals surface area contributed by atoms with Crippen LogP contribution in [-0.4, -0.2) is 29.7 Å². The summed E-state index contributed by atoms with van der Waals surface area (Å²) in [6.07, 6.45) is 1.60. The second kappa shape index (κ2) is 8.00. The maximum Gasteiger partial charge on any atom is 0.298 e. The van der Waals surface area contributed by atoms with Gasteiger partial charge < -0.3 is 4.90 Å². The van der Waals surface area contributed by atoms with Gasteiger partial charge in [-0.3, -0.25) is 9.59 Å². The van der Waals surface area contributed by atoms with Crippen molar-refractivity contribution in [3.05, 3.63) is 70.7 Å². The lowest BCUT2D eigenvalue weighted by atomic mass is 9.90. The van der Waals surface area contributed by atoms with Crippen molar-refractivity contribution in [2.24, 2.45) is 5.92 Å². The molecule has 1 atom stereocenters. The van der Waals surface area contributed by atoms with Gasteiger partial charge in [0.2, 0.25) is 0 Å². The summed E-state index contributed by atoms with van der Waals surface area (Å²) in [5, 5.41) is 0.605. The summed E-state index contributed by atoms with van der Waals surface area (Å²) in [5.41, 5.74) is 1.45. The number of ketones is 1. The summed E-state index contributed by atoms with van der Waals surface area (Å²) >= 11 is 5.87. The Hall–Kier alpha value is -2.57. The van der Waals surface area contributed by atoms with Gasteiger partial charge in [-0.15, -0.1) is 0 Å². The van der Waals surface area contributed by atoms with E-state index in [1.807, 2.05) is 30.3 Å². The molecule has 1 aliphatic heterocycles. The van der Waals surface area contributed by atoms with Gasteiger partial charge in [0.25, 0.3) is 5.91 Å². The highest BCUT2D eigenvalue weighted by Crippen LogP contribution is 2.22. The van der Waals surface area contributed by atoms with Crippen LogP contribution in [0.25, 0.3) is 0 Å². The van der Waals surface area contributed by atoms with Crippen molar-refractivity contribution in [2.45, 2.75) is 12.8 Å². The van der Waals surface area contributed by atoms with Crippen LogP contribution in [0.3, 0.4) is 0 Å². The monoisotopic (exact) mass is 351 g/mol. The van der Waals surface area contributed by atoms with Crippen molar-refractivity contribution in [3.63, 3.8) is 0 Å². The minimum atomic E-state index is -0.225. The lowest BCUT2D eigenvalue weighted by Gasteiger charge is -2.30. The summed E-state index contributed by atoms with van der Waals surface area (Å²) in [6.45, 7) is 1.07. The highest BCUT2D eigenvalue weighted by atomic mass is 35.5. The molecule has 0 N–H and O–H groups in total. The molecule has 4 heteroatoms. The number of nitrogens with zero attached hydrogens (tertiary/aromatic N) is 1. The van der Waals surface area contributed by atoms with Crippen molar-refractivity contribution < 1.29 is 9.59 Å². The fourth-order valence-corrected chi connectivity index (χ4v) is 3.08. The number of carbonyl (C=O) groups excluding carboxylic acids is 2. The molecule has 0 aliphatic carbocycles. The molecule has 0 bridgehead atoms. The SMILES string of the molecule is O=C(c1ccc(Cl)cc1)[C@H]1CCCN(C(=O)C#Cc2ccccc2)C1. The van der Waals surface area contributed by atoms with Crippen LogP contribution in [0.15, 0.2) is 54.6 Å². The number of carbonyl (C=O) groups is 2. The Balaban J connectivity index is 1.66. The minimum absolute atomic E-state index is 0.0604. The van der Waals surface area contributed by atoms with E-state index in [0.29, 0.717) is 23.7 Å². The molecule has 2 aromatic carbocycles. The van der Waals surface area contributed by atoms with Crippen LogP contribution in [-0.2, 0) is 4.79 Å². The molecule has 0 unspecified atom stereocenters. The Kier molecular flexibility index (Phi) is 5.53. The largest absolute Gasteiger partial charge is 0.331 e. The number of hydrogen-bond acceptors (Lipinski definition) is 2. The van der Waals surface area contributed by atoms with E-state index >= 15 is 0 Å². The molecule has 2 aromatic rings. The molecule has 1 heterocycles. The molecular weight excluding hydrogens is 334 g/mol. The zero-order valence-electron chi connectivity index (χ0n) is 13.7. The predicted molar refractivity (Wildman–Crippen MR) is 98.4 cm³/mol. The van der Waals surface area contributed by atoms with Gasteiger partial charge in [-0.2, -0.15) is 0 Å². The molecule has 3 nitrogen and oxygen atoms in total. The average molecular weight is 352 g/mol. The van der Waals surface area contributed by atoms with Gasteiger partial charge in [0.05, 0.1) is 0 Å². The number of rotatable bonds is 2. The maximum atomic E-state index is 12.6. The van der Waals surface area contributed by atoms with Crippen molar-refractivity contribution in [1.82, 2.24) is 4.90 Å². The molecule has 1 amide bonds. The fourth-order valence-electron chi connectivity index (χ4n) is 2.95. The third-order valence-electron chi connectivity index (χ3n) is 4.30. The summed E-state index contributed by atoms with van der Waals surface area (Å²) < 4.78 is 0. The molecule has 1 aliphatic rings. The second-order valence-corrected chi connectivity index (χ2v) is 6.51. The third kappa shape index (κ3) is 4.49. The molecule has 0 radical (unpaired) electrons. The first kappa shape index (κ1) is 17.3. The Labute approximate surface area is 152 Å². The normalized spacial score (nSPS) is 16.7. The number of halogens is 1. The Morgan fingerprint density at radius 3 is 2.48 bits per heavy atom. The Morgan fingerprint density at radius 1 is 1.04 bits per heavy atom. The standard InChI is InChI=1S/C21H18ClNO2/c22-19-11-9-17(10-12-19)21(25)18-7-4-14-23(15-18)20(24)13-8-16-5-2-1-3-6-16/h1-3,5-6,9-12,18H,4,7,14-15H2/t18-/m0/s1. The first-order valence-corrected chi connectivity index (χ1v) is 8.67. The topological polar surface area (TPSA) is 37.4 Å². The van der Waals surface area contributed by atoms with E-state index in [1.165, 1.54) is 0 Å². The Morgan fingerprint density at radius 2 is 1.76 bits per heavy atom. The van der Waals surface area contributed by atoms with E-state index in [9.17, 15) is 9.59 Å². The van der Waals surface area contributed by atoms with Gasteiger partial charge in [-0.25, -0.2) is 0 Å². The van der Waals surface area contributed by atoms with Crippen LogP contribution in [0.5, 0.6) is 0 Å². The van der Waals surface area contributed by atoms with Crippen LogP contribution in [0, 0.1) is 17.8 Å². The number of likely N-dealkylation sites (tertiary alicyclic amines) is 1. The smallest absolute Gasteiger partial charge is 0.298 e. The van der Waals surface area contributed by atoms with Crippen molar-refractivity contribution in [2.75, 3.05) is 13.1 Å². The molecular formula is C21H18ClNO2. The molecule has 1 fully saturated rings. The van der Waals surface area contributed by atoms with Crippen LogP contribution in [0.2, 0.25) is 5.02 Å². The van der Waals surface area contributed by atoms with Crippen molar-refractivity contribution >= 4 is 23.3 Å². The second-order valence-electron chi connectivity index (χ2n) is 6.08. The van der Waals surface area contributed by atoms with Crippen LogP contribution >= 0.6 is 11.6 Å². The van der Waals surface area contributed by atoms with Gasteiger partial charge in [0.1, 0.15) is 0 Å². The predicted octanol–water partition coefficient (Wildman–Crippen LogP) is 3.81. The van der Waals surface area contributed by atoms with Crippen LogP contribution < -0.4 is 0 Å².